The van der Waals surface area contributed by atoms with Gasteiger partial charge in [-0.25, -0.2) is 9.07 Å². The molecular weight excluding hydrogens is 441 g/mol. The molecule has 0 fully saturated rings. The van der Waals surface area contributed by atoms with Crippen LogP contribution in [0.15, 0.2) is 109 Å². The van der Waals surface area contributed by atoms with Crippen molar-refractivity contribution in [2.45, 2.75) is 12.5 Å². The molecule has 0 spiro atoms. The molecule has 6 heteroatoms. The summed E-state index contributed by atoms with van der Waals surface area (Å²) in [6.45, 7) is 0.311. The van der Waals surface area contributed by atoms with Crippen molar-refractivity contribution < 1.29 is 13.9 Å². The Morgan fingerprint density at radius 3 is 2.37 bits per heavy atom. The fraction of sp³-hybridized carbons (Fsp3) is 0.103. The fourth-order valence-electron chi connectivity index (χ4n) is 3.99. The van der Waals surface area contributed by atoms with Gasteiger partial charge >= 0.3 is 0 Å². The first-order chi connectivity index (χ1) is 17.2. The van der Waals surface area contributed by atoms with Crippen LogP contribution in [-0.2, 0) is 6.42 Å². The van der Waals surface area contributed by atoms with E-state index in [1.54, 1.807) is 35.1 Å². The van der Waals surface area contributed by atoms with Crippen LogP contribution in [0.4, 0.5) is 4.39 Å². The molecule has 0 saturated carbocycles. The van der Waals surface area contributed by atoms with E-state index in [1.807, 2.05) is 66.7 Å². The van der Waals surface area contributed by atoms with E-state index in [0.29, 0.717) is 24.3 Å². The molecule has 1 atom stereocenters. The number of carbonyl (C=O) groups excluding carboxylic acids is 1. The van der Waals surface area contributed by atoms with Gasteiger partial charge in [0.2, 0.25) is 0 Å². The number of carbonyl (C=O) groups is 1. The lowest BCUT2D eigenvalue weighted by Gasteiger charge is -2.20. The van der Waals surface area contributed by atoms with Gasteiger partial charge in [-0.05, 0) is 66.6 Å². The molecule has 5 nitrogen and oxygen atoms in total. The monoisotopic (exact) mass is 465 g/mol. The molecule has 0 aliphatic rings. The highest BCUT2D eigenvalue weighted by molar-refractivity contribution is 5.94. The van der Waals surface area contributed by atoms with Crippen LogP contribution in [0, 0.1) is 5.82 Å². The largest absolute Gasteiger partial charge is 0.491 e. The zero-order valence-electron chi connectivity index (χ0n) is 19.0. The highest BCUT2D eigenvalue weighted by atomic mass is 19.1. The van der Waals surface area contributed by atoms with E-state index in [9.17, 15) is 9.18 Å². The Morgan fingerprint density at radius 2 is 1.63 bits per heavy atom. The van der Waals surface area contributed by atoms with E-state index in [-0.39, 0.29) is 17.8 Å². The molecule has 1 heterocycles. The second-order valence-corrected chi connectivity index (χ2v) is 8.29. The lowest BCUT2D eigenvalue weighted by atomic mass is 10.1. The van der Waals surface area contributed by atoms with E-state index in [2.05, 4.69) is 10.4 Å². The van der Waals surface area contributed by atoms with Gasteiger partial charge in [0, 0.05) is 10.9 Å². The van der Waals surface area contributed by atoms with E-state index >= 15 is 0 Å². The number of aromatic nitrogens is 2. The Kier molecular flexibility index (Phi) is 6.52. The number of nitrogens with zero attached hydrogens (tertiary/aromatic N) is 2. The molecule has 1 amide bonds. The van der Waals surface area contributed by atoms with Gasteiger partial charge in [-0.1, -0.05) is 48.5 Å². The van der Waals surface area contributed by atoms with Crippen LogP contribution in [0.3, 0.4) is 0 Å². The van der Waals surface area contributed by atoms with Crippen molar-refractivity contribution in [2.24, 2.45) is 0 Å². The van der Waals surface area contributed by atoms with Gasteiger partial charge in [-0.15, -0.1) is 0 Å². The number of hydrogen-bond acceptors (Lipinski definition) is 3. The smallest absolute Gasteiger partial charge is 0.251 e. The molecule has 1 unspecified atom stereocenters. The Balaban J connectivity index is 1.32. The van der Waals surface area contributed by atoms with Crippen molar-refractivity contribution in [3.63, 3.8) is 0 Å². The van der Waals surface area contributed by atoms with Crippen molar-refractivity contribution in [2.75, 3.05) is 6.61 Å². The Bertz CT molecular complexity index is 1420. The second-order valence-electron chi connectivity index (χ2n) is 8.29. The molecule has 1 N–H and O–H groups in total. The molecule has 35 heavy (non-hydrogen) atoms. The van der Waals surface area contributed by atoms with E-state index < -0.39 is 0 Å². The summed E-state index contributed by atoms with van der Waals surface area (Å²) in [5, 5.41) is 8.45. The van der Waals surface area contributed by atoms with Crippen LogP contribution in [0.2, 0.25) is 0 Å². The Labute approximate surface area is 202 Å². The van der Waals surface area contributed by atoms with Crippen LogP contribution in [-0.4, -0.2) is 28.3 Å². The molecule has 0 aliphatic heterocycles. The first-order valence-electron chi connectivity index (χ1n) is 11.4. The summed E-state index contributed by atoms with van der Waals surface area (Å²) in [6, 6.07) is 30.9. The highest BCUT2D eigenvalue weighted by Gasteiger charge is 2.16. The predicted molar refractivity (Wildman–Crippen MR) is 134 cm³/mol. The van der Waals surface area contributed by atoms with Crippen LogP contribution >= 0.6 is 0 Å². The van der Waals surface area contributed by atoms with Gasteiger partial charge in [-0.2, -0.15) is 5.10 Å². The molecule has 1 aromatic heterocycles. The minimum absolute atomic E-state index is 0.133. The van der Waals surface area contributed by atoms with Gasteiger partial charge in [0.25, 0.3) is 5.91 Å². The van der Waals surface area contributed by atoms with Crippen LogP contribution in [0.25, 0.3) is 16.6 Å². The van der Waals surface area contributed by atoms with Gasteiger partial charge in [0.15, 0.2) is 0 Å². The molecule has 0 radical (unpaired) electrons. The Hall–Kier alpha value is -4.45. The summed E-state index contributed by atoms with van der Waals surface area (Å²) in [5.74, 6) is 0.264. The number of amides is 1. The van der Waals surface area contributed by atoms with Crippen LogP contribution in [0.5, 0.6) is 5.75 Å². The highest BCUT2D eigenvalue weighted by Crippen LogP contribution is 2.23. The van der Waals surface area contributed by atoms with E-state index in [1.165, 1.54) is 12.1 Å². The fourth-order valence-corrected chi connectivity index (χ4v) is 3.99. The summed E-state index contributed by atoms with van der Waals surface area (Å²) < 4.78 is 21.2. The first-order valence-corrected chi connectivity index (χ1v) is 11.4. The van der Waals surface area contributed by atoms with Crippen molar-refractivity contribution in [3.8, 4) is 11.4 Å². The topological polar surface area (TPSA) is 56.1 Å². The number of nitrogens with one attached hydrogen (secondary N) is 1. The van der Waals surface area contributed by atoms with Crippen molar-refractivity contribution in [1.82, 2.24) is 15.1 Å². The zero-order chi connectivity index (χ0) is 24.0. The number of fused-ring (bicyclic) bond motifs is 1. The van der Waals surface area contributed by atoms with Crippen molar-refractivity contribution >= 4 is 16.8 Å². The average molecular weight is 466 g/mol. The first kappa shape index (κ1) is 22.3. The van der Waals surface area contributed by atoms with E-state index in [0.717, 1.165) is 22.2 Å². The Morgan fingerprint density at radius 1 is 0.914 bits per heavy atom. The minimum Gasteiger partial charge on any atom is -0.491 e. The van der Waals surface area contributed by atoms with Gasteiger partial charge in [0.05, 0.1) is 23.4 Å². The maximum Gasteiger partial charge on any atom is 0.251 e. The third kappa shape index (κ3) is 5.38. The third-order valence-electron chi connectivity index (χ3n) is 5.76. The lowest BCUT2D eigenvalue weighted by Crippen LogP contribution is -2.40. The predicted octanol–water partition coefficient (Wildman–Crippen LogP) is 5.58. The van der Waals surface area contributed by atoms with Crippen LogP contribution in [0.1, 0.15) is 15.9 Å². The number of halogens is 1. The summed E-state index contributed by atoms with van der Waals surface area (Å²) in [4.78, 5) is 12.8. The maximum absolute atomic E-state index is 13.3. The second kappa shape index (κ2) is 10.2. The van der Waals surface area contributed by atoms with E-state index in [4.69, 9.17) is 4.74 Å². The standard InChI is InChI=1S/C29H24FN3O2/c30-24-11-13-26(14-12-24)33-28-16-15-27(18-23(28)19-31-33)35-20-25(17-21-7-3-1-4-8-21)32-29(34)22-9-5-2-6-10-22/h1-16,18-19,25H,17,20H2,(H,32,34). The number of hydrogen-bond donors (Lipinski definition) is 1. The molecule has 0 saturated heterocycles. The molecule has 4 aromatic carbocycles. The summed E-state index contributed by atoms with van der Waals surface area (Å²) in [5.41, 5.74) is 3.40. The number of rotatable bonds is 8. The van der Waals surface area contributed by atoms with Gasteiger partial charge in [-0.3, -0.25) is 4.79 Å². The normalized spacial score (nSPS) is 11.8. The summed E-state index contributed by atoms with van der Waals surface area (Å²) in [7, 11) is 0. The van der Waals surface area contributed by atoms with Gasteiger partial charge in [0.1, 0.15) is 18.2 Å². The SMILES string of the molecule is O=C(NC(COc1ccc2c(cnn2-c2ccc(F)cc2)c1)Cc1ccccc1)c1ccccc1. The minimum atomic E-state index is -0.287. The number of ether oxygens (including phenoxy) is 1. The maximum atomic E-state index is 13.3. The number of benzene rings is 4. The molecule has 5 aromatic rings. The van der Waals surface area contributed by atoms with Crippen molar-refractivity contribution in [3.05, 3.63) is 126 Å². The third-order valence-corrected chi connectivity index (χ3v) is 5.76. The van der Waals surface area contributed by atoms with Crippen molar-refractivity contribution in [1.29, 1.82) is 0 Å². The zero-order valence-corrected chi connectivity index (χ0v) is 19.0. The molecular formula is C29H24FN3O2. The summed E-state index contributed by atoms with van der Waals surface area (Å²) >= 11 is 0. The molecule has 0 bridgehead atoms. The summed E-state index contributed by atoms with van der Waals surface area (Å²) in [6.07, 6.45) is 2.40. The lowest BCUT2D eigenvalue weighted by molar-refractivity contribution is 0.0921. The molecule has 174 valence electrons. The molecule has 5 rings (SSSR count). The quantitative estimate of drug-likeness (QED) is 0.325. The van der Waals surface area contributed by atoms with Gasteiger partial charge < -0.3 is 10.1 Å². The average Bonchev–Trinajstić information content (AvgIpc) is 3.32. The van der Waals surface area contributed by atoms with Crippen LogP contribution < -0.4 is 10.1 Å². The molecule has 0 aliphatic carbocycles.